The summed E-state index contributed by atoms with van der Waals surface area (Å²) in [6.45, 7) is 3.97. The van der Waals surface area contributed by atoms with Gasteiger partial charge < -0.3 is 21.1 Å². The van der Waals surface area contributed by atoms with Crippen molar-refractivity contribution in [1.82, 2.24) is 10.2 Å². The molecule has 7 nitrogen and oxygen atoms in total. The molecule has 0 aliphatic carbocycles. The van der Waals surface area contributed by atoms with Crippen molar-refractivity contribution in [3.8, 4) is 0 Å². The number of nitrogens with two attached hydrogens (primary N) is 1. The molecule has 0 saturated carbocycles. The summed E-state index contributed by atoms with van der Waals surface area (Å²) in [5.74, 6) is -1.17. The van der Waals surface area contributed by atoms with Crippen LogP contribution in [0.1, 0.15) is 33.1 Å². The van der Waals surface area contributed by atoms with Crippen LogP contribution < -0.4 is 11.1 Å². The Bertz CT molecular complexity index is 381. The van der Waals surface area contributed by atoms with Crippen molar-refractivity contribution in [1.29, 1.82) is 0 Å². The number of nitrogens with one attached hydrogen (secondary N) is 1. The molecule has 0 aromatic carbocycles. The first-order valence-corrected chi connectivity index (χ1v) is 6.33. The van der Waals surface area contributed by atoms with Crippen molar-refractivity contribution >= 4 is 17.9 Å². The van der Waals surface area contributed by atoms with Crippen LogP contribution in [0.25, 0.3) is 0 Å². The third-order valence-electron chi connectivity index (χ3n) is 3.47. The van der Waals surface area contributed by atoms with E-state index in [1.165, 1.54) is 4.90 Å². The Labute approximate surface area is 112 Å². The number of carbonyl (C=O) groups excluding carboxylic acids is 2. The summed E-state index contributed by atoms with van der Waals surface area (Å²) >= 11 is 0. The first-order valence-electron chi connectivity index (χ1n) is 6.33. The van der Waals surface area contributed by atoms with E-state index in [1.807, 2.05) is 0 Å². The molecule has 1 atom stereocenters. The van der Waals surface area contributed by atoms with Crippen molar-refractivity contribution in [2.45, 2.75) is 39.2 Å². The molecule has 3 amide bonds. The fraction of sp³-hybridized carbons (Fsp3) is 0.750. The fourth-order valence-electron chi connectivity index (χ4n) is 2.03. The lowest BCUT2D eigenvalue weighted by Gasteiger charge is -2.23. The zero-order valence-corrected chi connectivity index (χ0v) is 11.3. The summed E-state index contributed by atoms with van der Waals surface area (Å²) in [5, 5.41) is 11.6. The highest BCUT2D eigenvalue weighted by Gasteiger charge is 2.33. The molecule has 1 aliphatic heterocycles. The average molecular weight is 271 g/mol. The van der Waals surface area contributed by atoms with Crippen molar-refractivity contribution in [3.05, 3.63) is 0 Å². The van der Waals surface area contributed by atoms with Crippen LogP contribution in [-0.2, 0) is 9.59 Å². The molecule has 0 bridgehead atoms. The minimum Gasteiger partial charge on any atom is -0.481 e. The van der Waals surface area contributed by atoms with Crippen LogP contribution >= 0.6 is 0 Å². The molecule has 1 rings (SSSR count). The molecule has 0 unspecified atom stereocenters. The quantitative estimate of drug-likeness (QED) is 0.660. The van der Waals surface area contributed by atoms with E-state index in [1.54, 1.807) is 13.8 Å². The van der Waals surface area contributed by atoms with E-state index in [0.717, 1.165) is 6.42 Å². The number of aliphatic carboxylic acids is 1. The predicted octanol–water partition coefficient (Wildman–Crippen LogP) is 0.147. The Morgan fingerprint density at radius 1 is 1.42 bits per heavy atom. The molecule has 0 aromatic heterocycles. The first kappa shape index (κ1) is 15.3. The number of hydrogen-bond donors (Lipinski definition) is 3. The third-order valence-corrected chi connectivity index (χ3v) is 3.47. The second-order valence-electron chi connectivity index (χ2n) is 5.42. The van der Waals surface area contributed by atoms with Gasteiger partial charge in [0.1, 0.15) is 6.04 Å². The smallest absolute Gasteiger partial charge is 0.315 e. The second kappa shape index (κ2) is 5.90. The van der Waals surface area contributed by atoms with Crippen LogP contribution in [0.3, 0.4) is 0 Å². The largest absolute Gasteiger partial charge is 0.481 e. The lowest BCUT2D eigenvalue weighted by molar-refractivity contribution is -0.147. The van der Waals surface area contributed by atoms with Crippen LogP contribution in [0, 0.1) is 5.41 Å². The summed E-state index contributed by atoms with van der Waals surface area (Å²) < 4.78 is 0. The van der Waals surface area contributed by atoms with Gasteiger partial charge >= 0.3 is 12.0 Å². The molecular formula is C12H21N3O4. The van der Waals surface area contributed by atoms with E-state index < -0.39 is 23.5 Å². The Hall–Kier alpha value is -1.79. The van der Waals surface area contributed by atoms with Gasteiger partial charge in [-0.15, -0.1) is 0 Å². The molecule has 0 radical (unpaired) electrons. The standard InChI is InChI=1S/C12H21N3O4/c1-12(2,10(17)18)5-6-14-9(16)8-4-3-7-15(8)11(13)19/h8H,3-7H2,1-2H3,(H2,13,19)(H,14,16)(H,17,18)/t8-/m0/s1. The van der Waals surface area contributed by atoms with Gasteiger partial charge in [-0.3, -0.25) is 9.59 Å². The van der Waals surface area contributed by atoms with Gasteiger partial charge in [-0.25, -0.2) is 4.79 Å². The van der Waals surface area contributed by atoms with E-state index >= 15 is 0 Å². The van der Waals surface area contributed by atoms with Gasteiger partial charge in [-0.05, 0) is 33.1 Å². The van der Waals surface area contributed by atoms with Crippen LogP contribution in [0.15, 0.2) is 0 Å². The zero-order valence-electron chi connectivity index (χ0n) is 11.3. The van der Waals surface area contributed by atoms with Gasteiger partial charge in [0.05, 0.1) is 5.41 Å². The number of primary amides is 1. The molecular weight excluding hydrogens is 250 g/mol. The normalized spacial score (nSPS) is 19.3. The van der Waals surface area contributed by atoms with E-state index in [-0.39, 0.29) is 12.5 Å². The van der Waals surface area contributed by atoms with Gasteiger partial charge in [0.2, 0.25) is 5.91 Å². The van der Waals surface area contributed by atoms with Crippen molar-refractivity contribution in [2.75, 3.05) is 13.1 Å². The van der Waals surface area contributed by atoms with E-state index in [0.29, 0.717) is 19.4 Å². The number of carboxylic acids is 1. The fourth-order valence-corrected chi connectivity index (χ4v) is 2.03. The number of hydrogen-bond acceptors (Lipinski definition) is 3. The number of amides is 3. The Balaban J connectivity index is 2.44. The molecule has 1 saturated heterocycles. The molecule has 7 heteroatoms. The van der Waals surface area contributed by atoms with Crippen molar-refractivity contribution in [2.24, 2.45) is 11.1 Å². The third kappa shape index (κ3) is 3.84. The predicted molar refractivity (Wildman–Crippen MR) is 68.4 cm³/mol. The van der Waals surface area contributed by atoms with Gasteiger partial charge in [0.25, 0.3) is 0 Å². The Kier molecular flexibility index (Phi) is 4.74. The van der Waals surface area contributed by atoms with Gasteiger partial charge in [-0.2, -0.15) is 0 Å². The van der Waals surface area contributed by atoms with Gasteiger partial charge in [0.15, 0.2) is 0 Å². The second-order valence-corrected chi connectivity index (χ2v) is 5.42. The Morgan fingerprint density at radius 3 is 2.58 bits per heavy atom. The Morgan fingerprint density at radius 2 is 2.05 bits per heavy atom. The number of rotatable bonds is 5. The molecule has 4 N–H and O–H groups in total. The maximum atomic E-state index is 11.9. The summed E-state index contributed by atoms with van der Waals surface area (Å²) in [5.41, 5.74) is 4.31. The SMILES string of the molecule is CC(C)(CCNC(=O)[C@@H]1CCCN1C(N)=O)C(=O)O. The highest BCUT2D eigenvalue weighted by atomic mass is 16.4. The van der Waals surface area contributed by atoms with E-state index in [4.69, 9.17) is 10.8 Å². The maximum absolute atomic E-state index is 11.9. The monoisotopic (exact) mass is 271 g/mol. The molecule has 1 heterocycles. The van der Waals surface area contributed by atoms with Crippen LogP contribution in [0.4, 0.5) is 4.79 Å². The number of carboxylic acid groups (broad SMARTS) is 1. The lowest BCUT2D eigenvalue weighted by atomic mass is 9.89. The minimum atomic E-state index is -0.902. The molecule has 1 fully saturated rings. The van der Waals surface area contributed by atoms with Gasteiger partial charge in [0, 0.05) is 13.1 Å². The van der Waals surface area contributed by atoms with E-state index in [2.05, 4.69) is 5.32 Å². The molecule has 0 aromatic rings. The van der Waals surface area contributed by atoms with Crippen LogP contribution in [0.2, 0.25) is 0 Å². The highest BCUT2D eigenvalue weighted by molar-refractivity contribution is 5.87. The molecule has 1 aliphatic rings. The topological polar surface area (TPSA) is 113 Å². The van der Waals surface area contributed by atoms with Crippen LogP contribution in [0.5, 0.6) is 0 Å². The van der Waals surface area contributed by atoms with Crippen LogP contribution in [-0.4, -0.2) is 47.0 Å². The van der Waals surface area contributed by atoms with Crippen molar-refractivity contribution < 1.29 is 19.5 Å². The zero-order chi connectivity index (χ0) is 14.6. The maximum Gasteiger partial charge on any atom is 0.315 e. The average Bonchev–Trinajstić information content (AvgIpc) is 2.77. The summed E-state index contributed by atoms with van der Waals surface area (Å²) in [4.78, 5) is 35.3. The number of nitrogens with zero attached hydrogens (tertiary/aromatic N) is 1. The first-order chi connectivity index (χ1) is 8.75. The number of urea groups is 1. The number of likely N-dealkylation sites (tertiary alicyclic amines) is 1. The highest BCUT2D eigenvalue weighted by Crippen LogP contribution is 2.20. The minimum absolute atomic E-state index is 0.265. The molecule has 19 heavy (non-hydrogen) atoms. The summed E-state index contributed by atoms with van der Waals surface area (Å²) in [6, 6.07) is -1.12. The molecule has 0 spiro atoms. The lowest BCUT2D eigenvalue weighted by Crippen LogP contribution is -2.48. The van der Waals surface area contributed by atoms with E-state index in [9.17, 15) is 14.4 Å². The van der Waals surface area contributed by atoms with Gasteiger partial charge in [-0.1, -0.05) is 0 Å². The summed E-state index contributed by atoms with van der Waals surface area (Å²) in [6.07, 6.45) is 1.68. The summed E-state index contributed by atoms with van der Waals surface area (Å²) in [7, 11) is 0. The molecule has 108 valence electrons. The van der Waals surface area contributed by atoms with Crippen molar-refractivity contribution in [3.63, 3.8) is 0 Å². The number of carbonyl (C=O) groups is 3.